The highest BCUT2D eigenvalue weighted by Crippen LogP contribution is 2.28. The number of benzene rings is 2. The molecule has 2 N–H and O–H groups in total. The smallest absolute Gasteiger partial charge is 0.261 e. The Hall–Kier alpha value is -2.05. The van der Waals surface area contributed by atoms with Crippen LogP contribution in [0.3, 0.4) is 0 Å². The second kappa shape index (κ2) is 8.31. The van der Waals surface area contributed by atoms with E-state index in [1.807, 2.05) is 6.92 Å². The standard InChI is InChI=1S/C20H23ClN2O3S/c1-14-6-11-18(27(25,26)23-17-9-7-16(21)8-10-17)13-19(14)22-20(24)12-15-4-2-3-5-15/h6-11,13,15,23H,2-5,12H2,1H3,(H,22,24). The summed E-state index contributed by atoms with van der Waals surface area (Å²) in [5.41, 5.74) is 1.77. The molecule has 1 aliphatic carbocycles. The summed E-state index contributed by atoms with van der Waals surface area (Å²) in [5, 5.41) is 3.40. The third kappa shape index (κ3) is 5.23. The zero-order valence-corrected chi connectivity index (χ0v) is 16.7. The summed E-state index contributed by atoms with van der Waals surface area (Å²) in [5.74, 6) is 0.369. The van der Waals surface area contributed by atoms with Crippen molar-refractivity contribution in [3.63, 3.8) is 0 Å². The highest BCUT2D eigenvalue weighted by Gasteiger charge is 2.20. The Bertz CT molecular complexity index is 921. The van der Waals surface area contributed by atoms with Crippen LogP contribution in [0.1, 0.15) is 37.7 Å². The molecule has 0 atom stereocenters. The van der Waals surface area contributed by atoms with Crippen molar-refractivity contribution in [2.24, 2.45) is 5.92 Å². The van der Waals surface area contributed by atoms with E-state index in [1.54, 1.807) is 30.3 Å². The van der Waals surface area contributed by atoms with Gasteiger partial charge >= 0.3 is 0 Å². The van der Waals surface area contributed by atoms with E-state index in [0.29, 0.717) is 28.7 Å². The number of amides is 1. The van der Waals surface area contributed by atoms with Crippen molar-refractivity contribution in [3.05, 3.63) is 53.1 Å². The van der Waals surface area contributed by atoms with Gasteiger partial charge in [0.15, 0.2) is 0 Å². The minimum atomic E-state index is -3.77. The first-order valence-corrected chi connectivity index (χ1v) is 10.9. The van der Waals surface area contributed by atoms with Gasteiger partial charge in [-0.15, -0.1) is 0 Å². The van der Waals surface area contributed by atoms with Gasteiger partial charge in [-0.2, -0.15) is 0 Å². The van der Waals surface area contributed by atoms with E-state index in [0.717, 1.165) is 18.4 Å². The van der Waals surface area contributed by atoms with Crippen LogP contribution in [0.4, 0.5) is 11.4 Å². The lowest BCUT2D eigenvalue weighted by atomic mass is 10.0. The van der Waals surface area contributed by atoms with Gasteiger partial charge in [0.05, 0.1) is 4.90 Å². The lowest BCUT2D eigenvalue weighted by molar-refractivity contribution is -0.117. The molecule has 0 aliphatic heterocycles. The summed E-state index contributed by atoms with van der Waals surface area (Å²) in [6.07, 6.45) is 5.03. The van der Waals surface area contributed by atoms with Crippen LogP contribution in [0.2, 0.25) is 5.02 Å². The fraction of sp³-hybridized carbons (Fsp3) is 0.350. The van der Waals surface area contributed by atoms with E-state index in [2.05, 4.69) is 10.0 Å². The molecule has 0 heterocycles. The number of anilines is 2. The van der Waals surface area contributed by atoms with Gasteiger partial charge in [0.25, 0.3) is 10.0 Å². The maximum absolute atomic E-state index is 12.7. The van der Waals surface area contributed by atoms with Crippen molar-refractivity contribution >= 4 is 38.9 Å². The fourth-order valence-electron chi connectivity index (χ4n) is 3.31. The zero-order valence-electron chi connectivity index (χ0n) is 15.2. The van der Waals surface area contributed by atoms with Crippen LogP contribution >= 0.6 is 11.6 Å². The number of hydrogen-bond donors (Lipinski definition) is 2. The Labute approximate surface area is 165 Å². The molecule has 7 heteroatoms. The minimum Gasteiger partial charge on any atom is -0.326 e. The summed E-state index contributed by atoms with van der Waals surface area (Å²) in [4.78, 5) is 12.4. The predicted octanol–water partition coefficient (Wildman–Crippen LogP) is 4.97. The van der Waals surface area contributed by atoms with Crippen LogP contribution in [-0.4, -0.2) is 14.3 Å². The molecule has 0 spiro atoms. The van der Waals surface area contributed by atoms with Crippen LogP contribution < -0.4 is 10.0 Å². The number of carbonyl (C=O) groups is 1. The molecule has 5 nitrogen and oxygen atoms in total. The van der Waals surface area contributed by atoms with Crippen molar-refractivity contribution in [3.8, 4) is 0 Å². The molecule has 0 bridgehead atoms. The van der Waals surface area contributed by atoms with Crippen LogP contribution in [0, 0.1) is 12.8 Å². The van der Waals surface area contributed by atoms with Gasteiger partial charge in [0, 0.05) is 22.8 Å². The minimum absolute atomic E-state index is 0.0646. The Morgan fingerprint density at radius 1 is 1.11 bits per heavy atom. The molecule has 3 rings (SSSR count). The largest absolute Gasteiger partial charge is 0.326 e. The SMILES string of the molecule is Cc1ccc(S(=O)(=O)Nc2ccc(Cl)cc2)cc1NC(=O)CC1CCCC1. The third-order valence-corrected chi connectivity index (χ3v) is 6.47. The lowest BCUT2D eigenvalue weighted by Crippen LogP contribution is -2.17. The third-order valence-electron chi connectivity index (χ3n) is 4.84. The van der Waals surface area contributed by atoms with Crippen molar-refractivity contribution < 1.29 is 13.2 Å². The highest BCUT2D eigenvalue weighted by atomic mass is 35.5. The van der Waals surface area contributed by atoms with Gasteiger partial charge in [-0.05, 0) is 67.6 Å². The van der Waals surface area contributed by atoms with Crippen molar-refractivity contribution in [1.82, 2.24) is 0 Å². The average molecular weight is 407 g/mol. The number of halogens is 1. The number of hydrogen-bond acceptors (Lipinski definition) is 3. The fourth-order valence-corrected chi connectivity index (χ4v) is 4.52. The molecule has 1 fully saturated rings. The monoisotopic (exact) mass is 406 g/mol. The molecule has 0 radical (unpaired) electrons. The molecule has 144 valence electrons. The molecule has 27 heavy (non-hydrogen) atoms. The molecule has 0 unspecified atom stereocenters. The summed E-state index contributed by atoms with van der Waals surface area (Å²) < 4.78 is 27.8. The summed E-state index contributed by atoms with van der Waals surface area (Å²) >= 11 is 5.83. The van der Waals surface area contributed by atoms with Gasteiger partial charge in [0.1, 0.15) is 0 Å². The van der Waals surface area contributed by atoms with E-state index in [1.165, 1.54) is 25.0 Å². The van der Waals surface area contributed by atoms with E-state index in [9.17, 15) is 13.2 Å². The van der Waals surface area contributed by atoms with Crippen LogP contribution in [0.5, 0.6) is 0 Å². The van der Waals surface area contributed by atoms with Crippen LogP contribution in [0.25, 0.3) is 0 Å². The van der Waals surface area contributed by atoms with Crippen LogP contribution in [-0.2, 0) is 14.8 Å². The van der Waals surface area contributed by atoms with Gasteiger partial charge in [-0.25, -0.2) is 8.42 Å². The van der Waals surface area contributed by atoms with E-state index < -0.39 is 10.0 Å². The van der Waals surface area contributed by atoms with Crippen molar-refractivity contribution in [2.45, 2.75) is 43.9 Å². The maximum Gasteiger partial charge on any atom is 0.261 e. The molecule has 2 aromatic rings. The first kappa shape index (κ1) is 19.7. The molecular formula is C20H23ClN2O3S. The molecule has 2 aromatic carbocycles. The Morgan fingerprint density at radius 2 is 1.78 bits per heavy atom. The van der Waals surface area contributed by atoms with E-state index in [4.69, 9.17) is 11.6 Å². The predicted molar refractivity (Wildman–Crippen MR) is 109 cm³/mol. The van der Waals surface area contributed by atoms with E-state index >= 15 is 0 Å². The second-order valence-electron chi connectivity index (χ2n) is 6.99. The first-order valence-electron chi connectivity index (χ1n) is 9.02. The van der Waals surface area contributed by atoms with Crippen LogP contribution in [0.15, 0.2) is 47.4 Å². The maximum atomic E-state index is 12.7. The summed E-state index contributed by atoms with van der Waals surface area (Å²) in [7, 11) is -3.77. The normalized spacial score (nSPS) is 14.9. The van der Waals surface area contributed by atoms with Gasteiger partial charge in [-0.3, -0.25) is 9.52 Å². The van der Waals surface area contributed by atoms with Gasteiger partial charge < -0.3 is 5.32 Å². The first-order chi connectivity index (χ1) is 12.8. The highest BCUT2D eigenvalue weighted by molar-refractivity contribution is 7.92. The number of nitrogens with one attached hydrogen (secondary N) is 2. The van der Waals surface area contributed by atoms with Crippen molar-refractivity contribution in [1.29, 1.82) is 0 Å². The molecule has 1 amide bonds. The average Bonchev–Trinajstić information content (AvgIpc) is 3.11. The topological polar surface area (TPSA) is 75.3 Å². The summed E-state index contributed by atoms with van der Waals surface area (Å²) in [6, 6.07) is 11.1. The quantitative estimate of drug-likeness (QED) is 0.711. The number of carbonyl (C=O) groups excluding carboxylic acids is 1. The Balaban J connectivity index is 1.74. The Kier molecular flexibility index (Phi) is 6.07. The zero-order chi connectivity index (χ0) is 19.4. The molecule has 0 saturated heterocycles. The molecular weight excluding hydrogens is 384 g/mol. The van der Waals surface area contributed by atoms with Gasteiger partial charge in [0.2, 0.25) is 5.91 Å². The number of sulfonamides is 1. The Morgan fingerprint density at radius 3 is 2.44 bits per heavy atom. The van der Waals surface area contributed by atoms with E-state index in [-0.39, 0.29) is 10.8 Å². The molecule has 0 aromatic heterocycles. The van der Waals surface area contributed by atoms with Crippen molar-refractivity contribution in [2.75, 3.05) is 10.0 Å². The number of rotatable bonds is 6. The number of aryl methyl sites for hydroxylation is 1. The molecule has 1 aliphatic rings. The van der Waals surface area contributed by atoms with Gasteiger partial charge in [-0.1, -0.05) is 30.5 Å². The lowest BCUT2D eigenvalue weighted by Gasteiger charge is -2.14. The molecule has 1 saturated carbocycles. The second-order valence-corrected chi connectivity index (χ2v) is 9.11. The summed E-state index contributed by atoms with van der Waals surface area (Å²) in [6.45, 7) is 1.84.